The number of aliphatic imine (C=N–C) groups is 1. The van der Waals surface area contributed by atoms with E-state index in [1.165, 1.54) is 23.0 Å². The maximum absolute atomic E-state index is 12.5. The van der Waals surface area contributed by atoms with E-state index in [0.717, 1.165) is 48.2 Å². The highest BCUT2D eigenvalue weighted by atomic mass is 32.2. The van der Waals surface area contributed by atoms with Crippen molar-refractivity contribution in [3.8, 4) is 11.3 Å². The number of carbonyl (C=O) groups excluding carboxylic acids is 1. The van der Waals surface area contributed by atoms with Crippen molar-refractivity contribution in [2.24, 2.45) is 4.99 Å². The molecule has 0 saturated carbocycles. The Hall–Kier alpha value is -3.25. The summed E-state index contributed by atoms with van der Waals surface area (Å²) in [4.78, 5) is 22.1. The molecule has 5 rings (SSSR count). The smallest absolute Gasteiger partial charge is 0.286 e. The van der Waals surface area contributed by atoms with E-state index in [4.69, 9.17) is 4.42 Å². The molecule has 1 aromatic heterocycles. The zero-order valence-electron chi connectivity index (χ0n) is 18.2. The molecule has 0 bridgehead atoms. The number of amidine groups is 1. The highest BCUT2D eigenvalue weighted by Crippen LogP contribution is 2.33. The standard InChI is InChI=1S/C26H25N3O2S/c1-18-7-3-5-9-21(18)23-12-11-20(31-23)17-24-25(30)27-26(32-24)29-15-13-28(14-16-29)22-10-6-4-8-19(22)2/h3-12,17H,13-16H2,1-2H3/b24-17-. The number of para-hydroxylation sites is 1. The molecule has 0 unspecified atom stereocenters. The van der Waals surface area contributed by atoms with Crippen LogP contribution in [0.1, 0.15) is 16.9 Å². The fourth-order valence-corrected chi connectivity index (χ4v) is 5.09. The van der Waals surface area contributed by atoms with Gasteiger partial charge in [-0.1, -0.05) is 42.5 Å². The number of carbonyl (C=O) groups is 1. The van der Waals surface area contributed by atoms with Gasteiger partial charge in [-0.3, -0.25) is 4.79 Å². The number of nitrogens with zero attached hydrogens (tertiary/aromatic N) is 3. The van der Waals surface area contributed by atoms with E-state index >= 15 is 0 Å². The zero-order chi connectivity index (χ0) is 22.1. The van der Waals surface area contributed by atoms with Gasteiger partial charge < -0.3 is 14.2 Å². The number of hydrogen-bond acceptors (Lipinski definition) is 5. The van der Waals surface area contributed by atoms with Crippen LogP contribution in [-0.4, -0.2) is 42.2 Å². The second-order valence-electron chi connectivity index (χ2n) is 8.09. The second-order valence-corrected chi connectivity index (χ2v) is 9.10. The van der Waals surface area contributed by atoms with Crippen LogP contribution in [0.25, 0.3) is 17.4 Å². The number of piperazine rings is 1. The first-order valence-corrected chi connectivity index (χ1v) is 11.6. The molecule has 0 spiro atoms. The van der Waals surface area contributed by atoms with E-state index in [2.05, 4.69) is 59.0 Å². The largest absolute Gasteiger partial charge is 0.457 e. The van der Waals surface area contributed by atoms with Crippen molar-refractivity contribution in [3.05, 3.63) is 82.5 Å². The minimum atomic E-state index is -0.194. The number of furan rings is 1. The second kappa shape index (κ2) is 8.71. The Balaban J connectivity index is 1.25. The molecule has 1 saturated heterocycles. The lowest BCUT2D eigenvalue weighted by Crippen LogP contribution is -2.48. The van der Waals surface area contributed by atoms with Gasteiger partial charge >= 0.3 is 0 Å². The first-order valence-electron chi connectivity index (χ1n) is 10.8. The Labute approximate surface area is 192 Å². The van der Waals surface area contributed by atoms with Gasteiger partial charge in [0, 0.05) is 43.5 Å². The molecular weight excluding hydrogens is 418 g/mol. The zero-order valence-corrected chi connectivity index (χ0v) is 19.1. The molecule has 5 nitrogen and oxygen atoms in total. The van der Waals surface area contributed by atoms with Gasteiger partial charge in [-0.2, -0.15) is 4.99 Å². The number of hydrogen-bond donors (Lipinski definition) is 0. The minimum Gasteiger partial charge on any atom is -0.457 e. The summed E-state index contributed by atoms with van der Waals surface area (Å²) in [5.41, 5.74) is 4.79. The molecule has 0 radical (unpaired) electrons. The van der Waals surface area contributed by atoms with E-state index in [9.17, 15) is 4.79 Å². The third kappa shape index (κ3) is 4.10. The minimum absolute atomic E-state index is 0.194. The normalized spacial score (nSPS) is 17.9. The van der Waals surface area contributed by atoms with Crippen molar-refractivity contribution in [2.75, 3.05) is 31.1 Å². The average Bonchev–Trinajstić information content (AvgIpc) is 3.42. The Bertz CT molecular complexity index is 1220. The maximum atomic E-state index is 12.5. The van der Waals surface area contributed by atoms with Gasteiger partial charge in [0.15, 0.2) is 5.17 Å². The first kappa shape index (κ1) is 20.6. The summed E-state index contributed by atoms with van der Waals surface area (Å²) < 4.78 is 6.00. The van der Waals surface area contributed by atoms with E-state index in [-0.39, 0.29) is 5.91 Å². The summed E-state index contributed by atoms with van der Waals surface area (Å²) in [5.74, 6) is 1.28. The first-order chi connectivity index (χ1) is 15.6. The maximum Gasteiger partial charge on any atom is 0.286 e. The van der Waals surface area contributed by atoms with Crippen LogP contribution < -0.4 is 4.90 Å². The van der Waals surface area contributed by atoms with E-state index in [1.807, 2.05) is 30.3 Å². The van der Waals surface area contributed by atoms with Crippen LogP contribution >= 0.6 is 11.8 Å². The lowest BCUT2D eigenvalue weighted by molar-refractivity contribution is -0.113. The summed E-state index contributed by atoms with van der Waals surface area (Å²) in [6, 6.07) is 20.4. The van der Waals surface area contributed by atoms with Gasteiger partial charge in [-0.25, -0.2) is 0 Å². The van der Waals surface area contributed by atoms with Crippen LogP contribution in [0.5, 0.6) is 0 Å². The number of thioether (sulfide) groups is 1. The molecule has 162 valence electrons. The third-order valence-corrected chi connectivity index (χ3v) is 6.97. The fraction of sp³-hybridized carbons (Fsp3) is 0.231. The molecule has 2 aliphatic heterocycles. The predicted octanol–water partition coefficient (Wildman–Crippen LogP) is 5.36. The highest BCUT2D eigenvalue weighted by molar-refractivity contribution is 8.18. The van der Waals surface area contributed by atoms with Gasteiger partial charge in [0.05, 0.1) is 4.91 Å². The molecule has 0 atom stereocenters. The molecule has 1 amide bonds. The van der Waals surface area contributed by atoms with Crippen LogP contribution in [0.15, 0.2) is 75.0 Å². The SMILES string of the molecule is Cc1ccccc1-c1ccc(/C=C2\SC(N3CCN(c4ccccc4C)CC3)=NC2=O)o1. The summed E-state index contributed by atoms with van der Waals surface area (Å²) in [6.45, 7) is 7.72. The van der Waals surface area contributed by atoms with Gasteiger partial charge in [0.25, 0.3) is 5.91 Å². The Morgan fingerprint density at radius 2 is 1.56 bits per heavy atom. The molecule has 0 aliphatic carbocycles. The summed E-state index contributed by atoms with van der Waals surface area (Å²) in [5, 5.41) is 0.788. The lowest BCUT2D eigenvalue weighted by Gasteiger charge is -2.37. The van der Waals surface area contributed by atoms with Crippen molar-refractivity contribution in [1.82, 2.24) is 4.90 Å². The molecule has 0 N–H and O–H groups in total. The van der Waals surface area contributed by atoms with Crippen LogP contribution in [0.2, 0.25) is 0 Å². The number of anilines is 1. The number of aryl methyl sites for hydroxylation is 2. The number of rotatable bonds is 3. The topological polar surface area (TPSA) is 49.0 Å². The molecule has 2 aromatic carbocycles. The molecule has 3 aromatic rings. The van der Waals surface area contributed by atoms with Crippen molar-refractivity contribution in [3.63, 3.8) is 0 Å². The Morgan fingerprint density at radius 1 is 0.875 bits per heavy atom. The number of benzene rings is 2. The quantitative estimate of drug-likeness (QED) is 0.510. The predicted molar refractivity (Wildman–Crippen MR) is 132 cm³/mol. The summed E-state index contributed by atoms with van der Waals surface area (Å²) in [6.07, 6.45) is 1.80. The summed E-state index contributed by atoms with van der Waals surface area (Å²) >= 11 is 1.44. The van der Waals surface area contributed by atoms with E-state index in [1.54, 1.807) is 6.08 Å². The molecule has 3 heterocycles. The molecule has 1 fully saturated rings. The molecule has 2 aliphatic rings. The monoisotopic (exact) mass is 443 g/mol. The third-order valence-electron chi connectivity index (χ3n) is 5.93. The average molecular weight is 444 g/mol. The van der Waals surface area contributed by atoms with Gasteiger partial charge in [-0.05, 0) is 54.9 Å². The molecule has 6 heteroatoms. The van der Waals surface area contributed by atoms with Gasteiger partial charge in [-0.15, -0.1) is 0 Å². The van der Waals surface area contributed by atoms with Crippen LogP contribution in [0.4, 0.5) is 5.69 Å². The van der Waals surface area contributed by atoms with Crippen LogP contribution in [-0.2, 0) is 4.79 Å². The fourth-order valence-electron chi connectivity index (χ4n) is 4.14. The van der Waals surface area contributed by atoms with Crippen LogP contribution in [0, 0.1) is 13.8 Å². The van der Waals surface area contributed by atoms with E-state index < -0.39 is 0 Å². The van der Waals surface area contributed by atoms with Crippen molar-refractivity contribution in [2.45, 2.75) is 13.8 Å². The van der Waals surface area contributed by atoms with Crippen molar-refractivity contribution >= 4 is 34.6 Å². The van der Waals surface area contributed by atoms with Gasteiger partial charge in [0.1, 0.15) is 11.5 Å². The molecular formula is C26H25N3O2S. The highest BCUT2D eigenvalue weighted by Gasteiger charge is 2.29. The Kier molecular flexibility index (Phi) is 5.62. The summed E-state index contributed by atoms with van der Waals surface area (Å²) in [7, 11) is 0. The van der Waals surface area contributed by atoms with E-state index in [0.29, 0.717) is 10.7 Å². The Morgan fingerprint density at radius 3 is 2.31 bits per heavy atom. The van der Waals surface area contributed by atoms with Crippen molar-refractivity contribution < 1.29 is 9.21 Å². The molecule has 32 heavy (non-hydrogen) atoms. The van der Waals surface area contributed by atoms with Crippen LogP contribution in [0.3, 0.4) is 0 Å². The van der Waals surface area contributed by atoms with Crippen molar-refractivity contribution in [1.29, 1.82) is 0 Å². The van der Waals surface area contributed by atoms with Gasteiger partial charge in [0.2, 0.25) is 0 Å². The lowest BCUT2D eigenvalue weighted by atomic mass is 10.1. The number of amides is 1.